The van der Waals surface area contributed by atoms with E-state index in [4.69, 9.17) is 0 Å². The van der Waals surface area contributed by atoms with Crippen molar-refractivity contribution in [3.63, 3.8) is 0 Å². The lowest BCUT2D eigenvalue weighted by atomic mass is 10.2. The molecule has 0 aromatic heterocycles. The van der Waals surface area contributed by atoms with Crippen molar-refractivity contribution in [2.45, 2.75) is 6.92 Å². The third-order valence-corrected chi connectivity index (χ3v) is 1.45. The van der Waals surface area contributed by atoms with Crippen LogP contribution < -0.4 is 0 Å². The predicted molar refractivity (Wildman–Crippen MR) is 50.2 cm³/mol. The van der Waals surface area contributed by atoms with Gasteiger partial charge < -0.3 is 0 Å². The minimum atomic E-state index is -0.568. The van der Waals surface area contributed by atoms with E-state index in [2.05, 4.69) is 6.58 Å². The van der Waals surface area contributed by atoms with Crippen LogP contribution in [0.2, 0.25) is 0 Å². The first-order valence-corrected chi connectivity index (χ1v) is 3.87. The van der Waals surface area contributed by atoms with Crippen molar-refractivity contribution in [2.24, 2.45) is 0 Å². The number of benzene rings is 1. The van der Waals surface area contributed by atoms with Gasteiger partial charge in [0, 0.05) is 6.07 Å². The zero-order chi connectivity index (χ0) is 9.84. The Kier molecular flexibility index (Phi) is 2.96. The fourth-order valence-corrected chi connectivity index (χ4v) is 0.910. The highest BCUT2D eigenvalue weighted by atomic mass is 19.1. The first kappa shape index (κ1) is 9.65. The fraction of sp³-hybridized carbons (Fsp3) is 0.0909. The van der Waals surface area contributed by atoms with Crippen molar-refractivity contribution in [1.82, 2.24) is 0 Å². The van der Waals surface area contributed by atoms with Crippen LogP contribution in [0.3, 0.4) is 0 Å². The Labute approximate surface area is 76.2 Å². The molecule has 0 fully saturated rings. The van der Waals surface area contributed by atoms with E-state index < -0.39 is 11.6 Å². The van der Waals surface area contributed by atoms with Crippen LogP contribution in [0.25, 0.3) is 6.08 Å². The molecular weight excluding hydrogens is 170 g/mol. The van der Waals surface area contributed by atoms with Gasteiger partial charge in [0.05, 0.1) is 0 Å². The number of rotatable bonds is 2. The van der Waals surface area contributed by atoms with Gasteiger partial charge in [0.25, 0.3) is 0 Å². The molecule has 0 aliphatic heterocycles. The third-order valence-electron chi connectivity index (χ3n) is 1.45. The lowest BCUT2D eigenvalue weighted by Gasteiger charge is -1.95. The van der Waals surface area contributed by atoms with E-state index in [1.807, 2.05) is 6.92 Å². The first-order chi connectivity index (χ1) is 6.08. The van der Waals surface area contributed by atoms with Gasteiger partial charge >= 0.3 is 0 Å². The van der Waals surface area contributed by atoms with E-state index >= 15 is 0 Å². The molecule has 0 radical (unpaired) electrons. The van der Waals surface area contributed by atoms with Gasteiger partial charge in [-0.3, -0.25) is 0 Å². The van der Waals surface area contributed by atoms with E-state index in [1.54, 1.807) is 12.2 Å². The molecule has 0 heterocycles. The molecule has 0 saturated carbocycles. The number of hydrogen-bond acceptors (Lipinski definition) is 0. The zero-order valence-corrected chi connectivity index (χ0v) is 7.35. The summed E-state index contributed by atoms with van der Waals surface area (Å²) < 4.78 is 25.3. The largest absolute Gasteiger partial charge is 0.207 e. The van der Waals surface area contributed by atoms with Crippen LogP contribution >= 0.6 is 0 Å². The monoisotopic (exact) mass is 180 g/mol. The Morgan fingerprint density at radius 3 is 2.23 bits per heavy atom. The zero-order valence-electron chi connectivity index (χ0n) is 7.35. The number of hydrogen-bond donors (Lipinski definition) is 0. The summed E-state index contributed by atoms with van der Waals surface area (Å²) in [5, 5.41) is 0. The highest BCUT2D eigenvalue weighted by Crippen LogP contribution is 2.10. The second kappa shape index (κ2) is 3.99. The molecule has 1 aromatic rings. The van der Waals surface area contributed by atoms with Crippen LogP contribution in [0.5, 0.6) is 0 Å². The molecule has 68 valence electrons. The molecule has 0 aliphatic carbocycles. The van der Waals surface area contributed by atoms with Gasteiger partial charge in [-0.15, -0.1) is 0 Å². The molecule has 0 aliphatic rings. The first-order valence-electron chi connectivity index (χ1n) is 3.87. The molecule has 1 rings (SSSR count). The Hall–Kier alpha value is -1.44. The minimum absolute atomic E-state index is 0.500. The minimum Gasteiger partial charge on any atom is -0.207 e. The molecule has 0 N–H and O–H groups in total. The van der Waals surface area contributed by atoms with Gasteiger partial charge in [-0.25, -0.2) is 8.78 Å². The topological polar surface area (TPSA) is 0 Å². The van der Waals surface area contributed by atoms with Crippen molar-refractivity contribution in [3.8, 4) is 0 Å². The fourth-order valence-electron chi connectivity index (χ4n) is 0.910. The van der Waals surface area contributed by atoms with Gasteiger partial charge in [-0.05, 0) is 24.6 Å². The van der Waals surface area contributed by atoms with Gasteiger partial charge in [-0.2, -0.15) is 0 Å². The molecule has 2 heteroatoms. The van der Waals surface area contributed by atoms with Crippen molar-refractivity contribution in [1.29, 1.82) is 0 Å². The maximum atomic E-state index is 12.7. The van der Waals surface area contributed by atoms with Gasteiger partial charge in [0.1, 0.15) is 11.6 Å². The van der Waals surface area contributed by atoms with Crippen molar-refractivity contribution >= 4 is 6.08 Å². The average molecular weight is 180 g/mol. The van der Waals surface area contributed by atoms with E-state index in [-0.39, 0.29) is 0 Å². The van der Waals surface area contributed by atoms with Crippen LogP contribution in [0.4, 0.5) is 8.78 Å². The molecule has 0 saturated heterocycles. The van der Waals surface area contributed by atoms with Crippen LogP contribution in [-0.4, -0.2) is 0 Å². The average Bonchev–Trinajstić information content (AvgIpc) is 1.99. The second-order valence-electron chi connectivity index (χ2n) is 2.88. The standard InChI is InChI=1S/C11H10F2/c1-8(2)3-4-9-5-10(12)7-11(13)6-9/h3-7H,1H2,2H3/b4-3+. The maximum absolute atomic E-state index is 12.7. The summed E-state index contributed by atoms with van der Waals surface area (Å²) in [6.07, 6.45) is 3.32. The molecule has 0 spiro atoms. The van der Waals surface area contributed by atoms with Crippen LogP contribution in [0.1, 0.15) is 12.5 Å². The summed E-state index contributed by atoms with van der Waals surface area (Å²) >= 11 is 0. The number of halogens is 2. The Morgan fingerprint density at radius 1 is 1.23 bits per heavy atom. The van der Waals surface area contributed by atoms with Crippen molar-refractivity contribution in [3.05, 3.63) is 53.6 Å². The lowest BCUT2D eigenvalue weighted by molar-refractivity contribution is 0.583. The van der Waals surface area contributed by atoms with Crippen molar-refractivity contribution < 1.29 is 8.78 Å². The van der Waals surface area contributed by atoms with E-state index in [1.165, 1.54) is 12.1 Å². The van der Waals surface area contributed by atoms with E-state index in [9.17, 15) is 8.78 Å². The summed E-state index contributed by atoms with van der Waals surface area (Å²) in [5.74, 6) is -1.14. The van der Waals surface area contributed by atoms with E-state index in [0.29, 0.717) is 5.56 Å². The molecular formula is C11H10F2. The normalized spacial score (nSPS) is 10.7. The summed E-state index contributed by atoms with van der Waals surface area (Å²) in [7, 11) is 0. The molecule has 13 heavy (non-hydrogen) atoms. The van der Waals surface area contributed by atoms with Crippen LogP contribution in [0.15, 0.2) is 36.4 Å². The summed E-state index contributed by atoms with van der Waals surface area (Å²) in [6.45, 7) is 5.45. The molecule has 0 atom stereocenters. The maximum Gasteiger partial charge on any atom is 0.126 e. The smallest absolute Gasteiger partial charge is 0.126 e. The Morgan fingerprint density at radius 2 is 1.77 bits per heavy atom. The molecule has 1 aromatic carbocycles. The highest BCUT2D eigenvalue weighted by molar-refractivity contribution is 5.52. The molecule has 0 bridgehead atoms. The number of allylic oxidation sites excluding steroid dienone is 2. The Balaban J connectivity index is 2.95. The molecule has 0 unspecified atom stereocenters. The third kappa shape index (κ3) is 3.20. The van der Waals surface area contributed by atoms with E-state index in [0.717, 1.165) is 11.6 Å². The van der Waals surface area contributed by atoms with Gasteiger partial charge in [-0.1, -0.05) is 24.3 Å². The summed E-state index contributed by atoms with van der Waals surface area (Å²) in [6, 6.07) is 3.38. The summed E-state index contributed by atoms with van der Waals surface area (Å²) in [4.78, 5) is 0. The SMILES string of the molecule is C=C(C)/C=C/c1cc(F)cc(F)c1. The second-order valence-corrected chi connectivity index (χ2v) is 2.88. The molecule has 0 amide bonds. The summed E-state index contributed by atoms with van der Waals surface area (Å²) in [5.41, 5.74) is 1.34. The van der Waals surface area contributed by atoms with Crippen LogP contribution in [-0.2, 0) is 0 Å². The Bertz CT molecular complexity index is 331. The van der Waals surface area contributed by atoms with Gasteiger partial charge in [0.2, 0.25) is 0 Å². The van der Waals surface area contributed by atoms with Crippen molar-refractivity contribution in [2.75, 3.05) is 0 Å². The van der Waals surface area contributed by atoms with Crippen LogP contribution in [0, 0.1) is 11.6 Å². The highest BCUT2D eigenvalue weighted by Gasteiger charge is 1.96. The lowest BCUT2D eigenvalue weighted by Crippen LogP contribution is -1.81. The van der Waals surface area contributed by atoms with Gasteiger partial charge in [0.15, 0.2) is 0 Å². The quantitative estimate of drug-likeness (QED) is 0.610. The molecule has 0 nitrogen and oxygen atoms in total. The predicted octanol–water partition coefficient (Wildman–Crippen LogP) is 3.55.